The van der Waals surface area contributed by atoms with E-state index in [1.54, 1.807) is 18.3 Å². The van der Waals surface area contributed by atoms with E-state index in [-0.39, 0.29) is 23.9 Å². The Morgan fingerprint density at radius 3 is 2.79 bits per heavy atom. The summed E-state index contributed by atoms with van der Waals surface area (Å²) in [6.45, 7) is 2.48. The summed E-state index contributed by atoms with van der Waals surface area (Å²) in [4.78, 5) is 22.4. The molecule has 28 heavy (non-hydrogen) atoms. The molecule has 7 heteroatoms. The molecule has 0 saturated carbocycles. The largest absolute Gasteiger partial charge is 0.376 e. The van der Waals surface area contributed by atoms with Crippen molar-refractivity contribution in [2.45, 2.75) is 31.9 Å². The van der Waals surface area contributed by atoms with Gasteiger partial charge in [-0.25, -0.2) is 9.37 Å². The van der Waals surface area contributed by atoms with Gasteiger partial charge in [-0.05, 0) is 49.6 Å². The second kappa shape index (κ2) is 8.16. The van der Waals surface area contributed by atoms with Gasteiger partial charge in [0.05, 0.1) is 23.5 Å². The van der Waals surface area contributed by atoms with E-state index >= 15 is 0 Å². The number of aryl methyl sites for hydroxylation is 1. The minimum atomic E-state index is -0.338. The van der Waals surface area contributed by atoms with Crippen molar-refractivity contribution in [3.05, 3.63) is 70.6 Å². The first-order valence-electron chi connectivity index (χ1n) is 9.18. The van der Waals surface area contributed by atoms with Crippen LogP contribution < -0.4 is 5.32 Å². The molecule has 1 aliphatic rings. The number of thiazole rings is 1. The van der Waals surface area contributed by atoms with Crippen LogP contribution >= 0.6 is 11.3 Å². The zero-order chi connectivity index (χ0) is 19.5. The number of halogens is 1. The first-order valence-corrected chi connectivity index (χ1v) is 10.0. The molecule has 0 unspecified atom stereocenters. The van der Waals surface area contributed by atoms with E-state index in [1.807, 2.05) is 25.1 Å². The molecule has 1 fully saturated rings. The molecule has 2 aromatic heterocycles. The summed E-state index contributed by atoms with van der Waals surface area (Å²) in [5.74, 6) is -0.513. The third kappa shape index (κ3) is 3.95. The van der Waals surface area contributed by atoms with Gasteiger partial charge in [0.15, 0.2) is 0 Å². The SMILES string of the molecule is Cc1nc(-c2ccccn2)sc1C(=O)N[C@@H](c1ccc(F)cc1)[C@H]1CCCO1. The molecule has 3 aromatic rings. The van der Waals surface area contributed by atoms with Gasteiger partial charge in [0.25, 0.3) is 5.91 Å². The van der Waals surface area contributed by atoms with Crippen LogP contribution in [0.2, 0.25) is 0 Å². The summed E-state index contributed by atoms with van der Waals surface area (Å²) >= 11 is 1.32. The van der Waals surface area contributed by atoms with Crippen LogP contribution in [0, 0.1) is 12.7 Å². The molecular weight excluding hydrogens is 377 g/mol. The van der Waals surface area contributed by atoms with Gasteiger partial charge in [0.2, 0.25) is 0 Å². The Labute approximate surface area is 166 Å². The number of pyridine rings is 1. The average molecular weight is 397 g/mol. The molecule has 0 radical (unpaired) electrons. The lowest BCUT2D eigenvalue weighted by Crippen LogP contribution is -2.36. The molecule has 1 N–H and O–H groups in total. The molecule has 0 bridgehead atoms. The normalized spacial score (nSPS) is 17.4. The molecule has 1 amide bonds. The van der Waals surface area contributed by atoms with E-state index in [0.29, 0.717) is 22.2 Å². The third-order valence-corrected chi connectivity index (χ3v) is 5.92. The van der Waals surface area contributed by atoms with E-state index in [9.17, 15) is 9.18 Å². The number of carbonyl (C=O) groups excluding carboxylic acids is 1. The number of hydrogen-bond acceptors (Lipinski definition) is 5. The van der Waals surface area contributed by atoms with Crippen LogP contribution in [0.15, 0.2) is 48.7 Å². The maximum absolute atomic E-state index is 13.3. The first kappa shape index (κ1) is 18.7. The van der Waals surface area contributed by atoms with Crippen LogP contribution in [-0.4, -0.2) is 28.6 Å². The van der Waals surface area contributed by atoms with Gasteiger partial charge < -0.3 is 10.1 Å². The van der Waals surface area contributed by atoms with Crippen molar-refractivity contribution < 1.29 is 13.9 Å². The summed E-state index contributed by atoms with van der Waals surface area (Å²) in [5, 5.41) is 3.79. The fraction of sp³-hybridized carbons (Fsp3) is 0.286. The Balaban J connectivity index is 1.59. The van der Waals surface area contributed by atoms with E-state index in [4.69, 9.17) is 4.74 Å². The van der Waals surface area contributed by atoms with Crippen molar-refractivity contribution in [2.24, 2.45) is 0 Å². The van der Waals surface area contributed by atoms with E-state index < -0.39 is 0 Å². The van der Waals surface area contributed by atoms with Gasteiger partial charge in [-0.15, -0.1) is 11.3 Å². The Kier molecular flexibility index (Phi) is 5.45. The monoisotopic (exact) mass is 397 g/mol. The number of hydrogen-bond donors (Lipinski definition) is 1. The Morgan fingerprint density at radius 2 is 2.11 bits per heavy atom. The topological polar surface area (TPSA) is 64.1 Å². The van der Waals surface area contributed by atoms with Crippen LogP contribution in [0.3, 0.4) is 0 Å². The molecule has 0 spiro atoms. The Bertz CT molecular complexity index is 954. The lowest BCUT2D eigenvalue weighted by Gasteiger charge is -2.24. The molecule has 3 heterocycles. The molecule has 0 aliphatic carbocycles. The first-order chi connectivity index (χ1) is 13.6. The quantitative estimate of drug-likeness (QED) is 0.697. The zero-order valence-electron chi connectivity index (χ0n) is 15.4. The van der Waals surface area contributed by atoms with Crippen molar-refractivity contribution in [3.63, 3.8) is 0 Å². The highest BCUT2D eigenvalue weighted by Crippen LogP contribution is 2.30. The number of benzene rings is 1. The van der Waals surface area contributed by atoms with Gasteiger partial charge in [-0.2, -0.15) is 0 Å². The van der Waals surface area contributed by atoms with Crippen molar-refractivity contribution >= 4 is 17.2 Å². The predicted octanol–water partition coefficient (Wildman–Crippen LogP) is 4.30. The van der Waals surface area contributed by atoms with Crippen molar-refractivity contribution in [1.29, 1.82) is 0 Å². The van der Waals surface area contributed by atoms with Crippen LogP contribution in [0.1, 0.15) is 39.8 Å². The molecule has 4 rings (SSSR count). The molecule has 1 aromatic carbocycles. The second-order valence-corrected chi connectivity index (χ2v) is 7.70. The lowest BCUT2D eigenvalue weighted by molar-refractivity contribution is 0.0674. The highest BCUT2D eigenvalue weighted by atomic mass is 32.1. The van der Waals surface area contributed by atoms with Crippen molar-refractivity contribution in [1.82, 2.24) is 15.3 Å². The maximum Gasteiger partial charge on any atom is 0.263 e. The highest BCUT2D eigenvalue weighted by Gasteiger charge is 2.30. The van der Waals surface area contributed by atoms with Crippen LogP contribution in [0.25, 0.3) is 10.7 Å². The molecule has 2 atom stereocenters. The number of amides is 1. The van der Waals surface area contributed by atoms with Crippen LogP contribution in [0.4, 0.5) is 4.39 Å². The number of ether oxygens (including phenoxy) is 1. The molecule has 5 nitrogen and oxygen atoms in total. The number of nitrogens with zero attached hydrogens (tertiary/aromatic N) is 2. The molecule has 1 aliphatic heterocycles. The van der Waals surface area contributed by atoms with E-state index in [2.05, 4.69) is 15.3 Å². The zero-order valence-corrected chi connectivity index (χ0v) is 16.2. The van der Waals surface area contributed by atoms with Crippen LogP contribution in [-0.2, 0) is 4.74 Å². The minimum absolute atomic E-state index is 0.127. The number of carbonyl (C=O) groups is 1. The second-order valence-electron chi connectivity index (χ2n) is 6.70. The van der Waals surface area contributed by atoms with E-state index in [1.165, 1.54) is 23.5 Å². The van der Waals surface area contributed by atoms with Gasteiger partial charge in [0, 0.05) is 12.8 Å². The fourth-order valence-corrected chi connectivity index (χ4v) is 4.29. The smallest absolute Gasteiger partial charge is 0.263 e. The minimum Gasteiger partial charge on any atom is -0.376 e. The summed E-state index contributed by atoms with van der Waals surface area (Å²) in [7, 11) is 0. The molecular formula is C21H20FN3O2S. The summed E-state index contributed by atoms with van der Waals surface area (Å²) < 4.78 is 19.2. The third-order valence-electron chi connectivity index (χ3n) is 4.74. The van der Waals surface area contributed by atoms with E-state index in [0.717, 1.165) is 24.1 Å². The lowest BCUT2D eigenvalue weighted by atomic mass is 9.99. The number of rotatable bonds is 5. The number of nitrogens with one attached hydrogen (secondary N) is 1. The average Bonchev–Trinajstić information content (AvgIpc) is 3.37. The molecule has 144 valence electrons. The predicted molar refractivity (Wildman–Crippen MR) is 106 cm³/mol. The number of aromatic nitrogens is 2. The summed E-state index contributed by atoms with van der Waals surface area (Å²) in [6.07, 6.45) is 3.37. The molecule has 1 saturated heterocycles. The maximum atomic E-state index is 13.3. The van der Waals surface area contributed by atoms with Gasteiger partial charge in [0.1, 0.15) is 15.7 Å². The summed E-state index contributed by atoms with van der Waals surface area (Å²) in [5.41, 5.74) is 2.23. The summed E-state index contributed by atoms with van der Waals surface area (Å²) in [6, 6.07) is 11.5. The van der Waals surface area contributed by atoms with Crippen LogP contribution in [0.5, 0.6) is 0 Å². The van der Waals surface area contributed by atoms with Gasteiger partial charge >= 0.3 is 0 Å². The van der Waals surface area contributed by atoms with Crippen molar-refractivity contribution in [3.8, 4) is 10.7 Å². The Morgan fingerprint density at radius 1 is 1.29 bits per heavy atom. The standard InChI is InChI=1S/C21H20FN3O2S/c1-13-19(28-21(24-13)16-5-2-3-11-23-16)20(26)25-18(17-6-4-12-27-17)14-7-9-15(22)10-8-14/h2-3,5,7-11,17-18H,4,6,12H2,1H3,(H,25,26)/t17-,18+/m1/s1. The van der Waals surface area contributed by atoms with Gasteiger partial charge in [-0.3, -0.25) is 9.78 Å². The van der Waals surface area contributed by atoms with Gasteiger partial charge in [-0.1, -0.05) is 18.2 Å². The highest BCUT2D eigenvalue weighted by molar-refractivity contribution is 7.17. The van der Waals surface area contributed by atoms with Crippen molar-refractivity contribution in [2.75, 3.05) is 6.61 Å². The fourth-order valence-electron chi connectivity index (χ4n) is 3.34. The Hall–Kier alpha value is -2.64.